The van der Waals surface area contributed by atoms with Crippen LogP contribution in [-0.4, -0.2) is 55.5 Å². The molecular weight excluding hydrogens is 451 g/mol. The standard InChI is InChI=1S/C22H20Cl2N6O2/c1-12-16(24)4-5-17-20(12)28-21(27-17)19-10-14(32-2)11-29(19)22(31)15-9-13(23)3-6-18(15)30-25-7-8-26-30/h3-9,14,19H,10-11H2,1-2H3,(H,27,28)/t14-,19+/m1/s1. The van der Waals surface area contributed by atoms with Crippen molar-refractivity contribution in [1.82, 2.24) is 29.9 Å². The number of hydrogen-bond acceptors (Lipinski definition) is 5. The van der Waals surface area contributed by atoms with Crippen LogP contribution in [0.15, 0.2) is 42.7 Å². The number of rotatable bonds is 4. The number of imidazole rings is 1. The van der Waals surface area contributed by atoms with E-state index in [9.17, 15) is 4.79 Å². The lowest BCUT2D eigenvalue weighted by Gasteiger charge is -2.24. The highest BCUT2D eigenvalue weighted by Crippen LogP contribution is 2.36. The van der Waals surface area contributed by atoms with Gasteiger partial charge in [0.25, 0.3) is 5.91 Å². The Labute approximate surface area is 194 Å². The predicted octanol–water partition coefficient (Wildman–Crippen LogP) is 4.36. The monoisotopic (exact) mass is 470 g/mol. The lowest BCUT2D eigenvalue weighted by molar-refractivity contribution is 0.0684. The summed E-state index contributed by atoms with van der Waals surface area (Å²) in [7, 11) is 1.65. The van der Waals surface area contributed by atoms with E-state index in [1.165, 1.54) is 4.80 Å². The molecule has 2 atom stereocenters. The van der Waals surface area contributed by atoms with Crippen molar-refractivity contribution in [2.24, 2.45) is 0 Å². The molecule has 0 spiro atoms. The Morgan fingerprint density at radius 1 is 1.19 bits per heavy atom. The lowest BCUT2D eigenvalue weighted by Crippen LogP contribution is -2.33. The van der Waals surface area contributed by atoms with Gasteiger partial charge >= 0.3 is 0 Å². The number of aromatic nitrogens is 5. The zero-order chi connectivity index (χ0) is 22.4. The lowest BCUT2D eigenvalue weighted by atomic mass is 10.1. The molecule has 0 bridgehead atoms. The smallest absolute Gasteiger partial charge is 0.256 e. The van der Waals surface area contributed by atoms with Crippen molar-refractivity contribution in [2.75, 3.05) is 13.7 Å². The van der Waals surface area contributed by atoms with Crippen LogP contribution in [0.5, 0.6) is 0 Å². The van der Waals surface area contributed by atoms with Crippen LogP contribution >= 0.6 is 23.2 Å². The third kappa shape index (κ3) is 3.54. The molecule has 0 saturated carbocycles. The number of benzene rings is 2. The van der Waals surface area contributed by atoms with Crippen LogP contribution in [0.1, 0.15) is 34.2 Å². The number of likely N-dealkylation sites (tertiary alicyclic amines) is 1. The van der Waals surface area contributed by atoms with Crippen molar-refractivity contribution < 1.29 is 9.53 Å². The second-order valence-electron chi connectivity index (χ2n) is 7.74. The second-order valence-corrected chi connectivity index (χ2v) is 8.58. The first-order valence-corrected chi connectivity index (χ1v) is 10.9. The number of amides is 1. The largest absolute Gasteiger partial charge is 0.380 e. The van der Waals surface area contributed by atoms with E-state index in [2.05, 4.69) is 15.2 Å². The number of fused-ring (bicyclic) bond motifs is 1. The third-order valence-electron chi connectivity index (χ3n) is 5.86. The molecule has 0 radical (unpaired) electrons. The minimum atomic E-state index is -0.296. The summed E-state index contributed by atoms with van der Waals surface area (Å²) >= 11 is 12.5. The number of methoxy groups -OCH3 is 1. The van der Waals surface area contributed by atoms with Crippen LogP contribution in [0.2, 0.25) is 10.0 Å². The first-order valence-electron chi connectivity index (χ1n) is 10.1. The summed E-state index contributed by atoms with van der Waals surface area (Å²) < 4.78 is 5.61. The predicted molar refractivity (Wildman–Crippen MR) is 121 cm³/mol. The number of H-pyrrole nitrogens is 1. The molecule has 1 saturated heterocycles. The third-order valence-corrected chi connectivity index (χ3v) is 6.50. The molecule has 10 heteroatoms. The maximum absolute atomic E-state index is 13.8. The zero-order valence-corrected chi connectivity index (χ0v) is 18.9. The van der Waals surface area contributed by atoms with E-state index >= 15 is 0 Å². The van der Waals surface area contributed by atoms with Gasteiger partial charge in [-0.25, -0.2) is 4.98 Å². The normalized spacial score (nSPS) is 18.6. The van der Waals surface area contributed by atoms with Gasteiger partial charge in [-0.05, 0) is 42.8 Å². The fourth-order valence-electron chi connectivity index (χ4n) is 4.17. The molecule has 1 aliphatic heterocycles. The second kappa shape index (κ2) is 8.20. The Hall–Kier alpha value is -2.94. The maximum Gasteiger partial charge on any atom is 0.256 e. The molecule has 8 nitrogen and oxygen atoms in total. The van der Waals surface area contributed by atoms with E-state index in [1.807, 2.05) is 19.1 Å². The van der Waals surface area contributed by atoms with Gasteiger partial charge in [-0.15, -0.1) is 0 Å². The van der Waals surface area contributed by atoms with Crippen molar-refractivity contribution in [3.8, 4) is 5.69 Å². The summed E-state index contributed by atoms with van der Waals surface area (Å²) in [5, 5.41) is 9.46. The van der Waals surface area contributed by atoms with E-state index in [4.69, 9.17) is 32.9 Å². The van der Waals surface area contributed by atoms with Crippen LogP contribution in [-0.2, 0) is 4.74 Å². The SMILES string of the molecule is CO[C@@H]1C[C@@H](c2nc3c(C)c(Cl)ccc3[nH]2)N(C(=O)c2cc(Cl)ccc2-n2nccn2)C1. The van der Waals surface area contributed by atoms with E-state index in [-0.39, 0.29) is 18.1 Å². The number of aryl methyl sites for hydroxylation is 1. The Morgan fingerprint density at radius 3 is 2.72 bits per heavy atom. The average Bonchev–Trinajstić information content (AvgIpc) is 3.55. The molecular formula is C22H20Cl2N6O2. The van der Waals surface area contributed by atoms with Gasteiger partial charge in [-0.2, -0.15) is 15.0 Å². The Kier molecular flexibility index (Phi) is 5.36. The van der Waals surface area contributed by atoms with E-state index in [0.717, 1.165) is 16.6 Å². The molecule has 3 heterocycles. The number of aromatic amines is 1. The van der Waals surface area contributed by atoms with Gasteiger partial charge in [-0.3, -0.25) is 4.79 Å². The summed E-state index contributed by atoms with van der Waals surface area (Å²) in [6.07, 6.45) is 3.62. The Morgan fingerprint density at radius 2 is 1.97 bits per heavy atom. The molecule has 2 aromatic carbocycles. The maximum atomic E-state index is 13.8. The number of halogens is 2. The van der Waals surface area contributed by atoms with E-state index in [0.29, 0.717) is 40.1 Å². The molecule has 1 aliphatic rings. The molecule has 2 aromatic heterocycles. The van der Waals surface area contributed by atoms with Gasteiger partial charge in [0.05, 0.1) is 46.8 Å². The van der Waals surface area contributed by atoms with Crippen molar-refractivity contribution >= 4 is 40.1 Å². The number of carbonyl (C=O) groups is 1. The average molecular weight is 471 g/mol. The van der Waals surface area contributed by atoms with Crippen LogP contribution in [0.4, 0.5) is 0 Å². The highest BCUT2D eigenvalue weighted by molar-refractivity contribution is 6.32. The first-order chi connectivity index (χ1) is 15.5. The van der Waals surface area contributed by atoms with Crippen LogP contribution in [0.25, 0.3) is 16.7 Å². The van der Waals surface area contributed by atoms with Gasteiger partial charge in [-0.1, -0.05) is 23.2 Å². The Bertz CT molecular complexity index is 1300. The summed E-state index contributed by atoms with van der Waals surface area (Å²) in [4.78, 5) is 25.1. The number of ether oxygens (including phenoxy) is 1. The summed E-state index contributed by atoms with van der Waals surface area (Å²) in [5.41, 5.74) is 3.53. The van der Waals surface area contributed by atoms with Crippen LogP contribution in [0.3, 0.4) is 0 Å². The topological polar surface area (TPSA) is 88.9 Å². The summed E-state index contributed by atoms with van der Waals surface area (Å²) in [5.74, 6) is 0.499. The molecule has 4 aromatic rings. The van der Waals surface area contributed by atoms with E-state index < -0.39 is 0 Å². The number of carbonyl (C=O) groups excluding carboxylic acids is 1. The fourth-order valence-corrected chi connectivity index (χ4v) is 4.49. The number of hydrogen-bond donors (Lipinski definition) is 1. The first kappa shape index (κ1) is 20.9. The highest BCUT2D eigenvalue weighted by atomic mass is 35.5. The molecule has 1 fully saturated rings. The summed E-state index contributed by atoms with van der Waals surface area (Å²) in [6, 6.07) is 8.53. The van der Waals surface area contributed by atoms with Crippen LogP contribution in [0, 0.1) is 6.92 Å². The number of nitrogens with one attached hydrogen (secondary N) is 1. The molecule has 5 rings (SSSR count). The van der Waals surface area contributed by atoms with Gasteiger partial charge in [0, 0.05) is 30.1 Å². The molecule has 0 unspecified atom stereocenters. The fraction of sp³-hybridized carbons (Fsp3) is 0.273. The minimum Gasteiger partial charge on any atom is -0.380 e. The molecule has 0 aliphatic carbocycles. The van der Waals surface area contributed by atoms with Gasteiger partial charge in [0.2, 0.25) is 0 Å². The number of nitrogens with zero attached hydrogens (tertiary/aromatic N) is 5. The van der Waals surface area contributed by atoms with Crippen molar-refractivity contribution in [3.05, 3.63) is 69.7 Å². The van der Waals surface area contributed by atoms with Gasteiger partial charge < -0.3 is 14.6 Å². The Balaban J connectivity index is 1.57. The highest BCUT2D eigenvalue weighted by Gasteiger charge is 2.39. The summed E-state index contributed by atoms with van der Waals surface area (Å²) in [6.45, 7) is 2.36. The van der Waals surface area contributed by atoms with Crippen molar-refractivity contribution in [1.29, 1.82) is 0 Å². The van der Waals surface area contributed by atoms with Gasteiger partial charge in [0.1, 0.15) is 5.82 Å². The molecule has 1 amide bonds. The molecule has 1 N–H and O–H groups in total. The van der Waals surface area contributed by atoms with Gasteiger partial charge in [0.15, 0.2) is 0 Å². The minimum absolute atomic E-state index is 0.118. The zero-order valence-electron chi connectivity index (χ0n) is 17.4. The van der Waals surface area contributed by atoms with E-state index in [1.54, 1.807) is 42.6 Å². The quantitative estimate of drug-likeness (QED) is 0.478. The van der Waals surface area contributed by atoms with Crippen molar-refractivity contribution in [2.45, 2.75) is 25.5 Å². The molecule has 164 valence electrons. The van der Waals surface area contributed by atoms with Crippen LogP contribution < -0.4 is 0 Å². The van der Waals surface area contributed by atoms with Crippen molar-refractivity contribution in [3.63, 3.8) is 0 Å². The molecule has 32 heavy (non-hydrogen) atoms.